The van der Waals surface area contributed by atoms with Crippen LogP contribution in [0.5, 0.6) is 0 Å². The van der Waals surface area contributed by atoms with E-state index in [1.807, 2.05) is 25.1 Å². The van der Waals surface area contributed by atoms with E-state index in [1.165, 1.54) is 5.69 Å². The highest BCUT2D eigenvalue weighted by molar-refractivity contribution is 5.97. The summed E-state index contributed by atoms with van der Waals surface area (Å²) in [4.78, 5) is 28.3. The van der Waals surface area contributed by atoms with Crippen molar-refractivity contribution in [2.75, 3.05) is 31.1 Å². The first-order valence-electron chi connectivity index (χ1n) is 8.29. The maximum absolute atomic E-state index is 12.2. The van der Waals surface area contributed by atoms with Crippen LogP contribution in [0.1, 0.15) is 19.8 Å². The van der Waals surface area contributed by atoms with Crippen LogP contribution in [0.2, 0.25) is 0 Å². The number of piperazine rings is 1. The number of anilines is 1. The smallest absolute Gasteiger partial charge is 0.321 e. The summed E-state index contributed by atoms with van der Waals surface area (Å²) in [5, 5.41) is 5.22. The molecule has 1 aromatic rings. The van der Waals surface area contributed by atoms with Crippen molar-refractivity contribution in [2.24, 2.45) is 0 Å². The van der Waals surface area contributed by atoms with Crippen LogP contribution >= 0.6 is 0 Å². The molecule has 2 fully saturated rings. The lowest BCUT2D eigenvalue weighted by Crippen LogP contribution is -2.55. The number of carbonyl (C=O) groups excluding carboxylic acids is 2. The van der Waals surface area contributed by atoms with Crippen molar-refractivity contribution in [3.63, 3.8) is 0 Å². The topological polar surface area (TPSA) is 64.7 Å². The fourth-order valence-electron chi connectivity index (χ4n) is 2.84. The minimum absolute atomic E-state index is 0.226. The van der Waals surface area contributed by atoms with Gasteiger partial charge in [0.2, 0.25) is 5.91 Å². The molecule has 6 heteroatoms. The molecule has 0 spiro atoms. The van der Waals surface area contributed by atoms with Crippen LogP contribution in [-0.4, -0.2) is 55.1 Å². The predicted octanol–water partition coefficient (Wildman–Crippen LogP) is 1.19. The lowest BCUT2D eigenvalue weighted by molar-refractivity contribution is -0.124. The summed E-state index contributed by atoms with van der Waals surface area (Å²) in [6.07, 6.45) is 2.03. The number of hydrogen-bond donors (Lipinski definition) is 2. The molecule has 1 unspecified atom stereocenters. The van der Waals surface area contributed by atoms with Gasteiger partial charge in [-0.05, 0) is 31.9 Å². The van der Waals surface area contributed by atoms with Gasteiger partial charge in [0, 0.05) is 37.9 Å². The largest absolute Gasteiger partial charge is 0.369 e. The zero-order valence-electron chi connectivity index (χ0n) is 13.5. The maximum Gasteiger partial charge on any atom is 0.321 e. The summed E-state index contributed by atoms with van der Waals surface area (Å²) < 4.78 is 0. The lowest BCUT2D eigenvalue weighted by atomic mass is 10.2. The molecule has 1 aliphatic heterocycles. The minimum atomic E-state index is -0.368. The molecule has 0 bridgehead atoms. The molecule has 1 aliphatic carbocycles. The Morgan fingerprint density at radius 3 is 2.35 bits per heavy atom. The average Bonchev–Trinajstić information content (AvgIpc) is 3.39. The quantitative estimate of drug-likeness (QED) is 0.876. The van der Waals surface area contributed by atoms with Gasteiger partial charge in [0.05, 0.1) is 6.04 Å². The number of amides is 3. The van der Waals surface area contributed by atoms with E-state index in [9.17, 15) is 9.59 Å². The van der Waals surface area contributed by atoms with Gasteiger partial charge in [-0.15, -0.1) is 0 Å². The summed E-state index contributed by atoms with van der Waals surface area (Å²) in [5.74, 6) is -0.226. The molecule has 1 heterocycles. The van der Waals surface area contributed by atoms with Crippen molar-refractivity contribution < 1.29 is 9.59 Å². The van der Waals surface area contributed by atoms with Crippen molar-refractivity contribution in [3.05, 3.63) is 30.3 Å². The Morgan fingerprint density at radius 2 is 1.74 bits per heavy atom. The van der Waals surface area contributed by atoms with Crippen LogP contribution in [0.15, 0.2) is 30.3 Å². The number of nitrogens with zero attached hydrogens (tertiary/aromatic N) is 2. The second-order valence-corrected chi connectivity index (χ2v) is 6.27. The first-order chi connectivity index (χ1) is 11.1. The third-order valence-electron chi connectivity index (χ3n) is 4.51. The first-order valence-corrected chi connectivity index (χ1v) is 8.29. The normalized spacial score (nSPS) is 20.0. The summed E-state index contributed by atoms with van der Waals surface area (Å²) in [5.41, 5.74) is 1.22. The second kappa shape index (κ2) is 7.00. The standard InChI is InChI=1S/C17H24N4O2/c1-13(16(22)19-17(23)18-14-7-8-14)20-9-11-21(12-10-20)15-5-3-2-4-6-15/h2-6,13-14H,7-12H2,1H3,(H2,18,19,22,23). The van der Waals surface area contributed by atoms with Gasteiger partial charge >= 0.3 is 6.03 Å². The SMILES string of the molecule is CC(C(=O)NC(=O)NC1CC1)N1CCN(c2ccccc2)CC1. The molecule has 3 amide bonds. The molecule has 1 saturated carbocycles. The first kappa shape index (κ1) is 15.8. The highest BCUT2D eigenvalue weighted by Crippen LogP contribution is 2.18. The Balaban J connectivity index is 1.46. The van der Waals surface area contributed by atoms with Crippen molar-refractivity contribution in [1.29, 1.82) is 0 Å². The monoisotopic (exact) mass is 316 g/mol. The third kappa shape index (κ3) is 4.22. The third-order valence-corrected chi connectivity index (χ3v) is 4.51. The van der Waals surface area contributed by atoms with Crippen molar-refractivity contribution in [2.45, 2.75) is 31.8 Å². The molecule has 6 nitrogen and oxygen atoms in total. The van der Waals surface area contributed by atoms with Crippen LogP contribution in [-0.2, 0) is 4.79 Å². The Morgan fingerprint density at radius 1 is 1.09 bits per heavy atom. The second-order valence-electron chi connectivity index (χ2n) is 6.27. The summed E-state index contributed by atoms with van der Waals surface area (Å²) in [7, 11) is 0. The van der Waals surface area contributed by atoms with Gasteiger partial charge < -0.3 is 10.2 Å². The summed E-state index contributed by atoms with van der Waals surface area (Å²) in [6, 6.07) is 9.89. The van der Waals surface area contributed by atoms with E-state index in [0.29, 0.717) is 0 Å². The van der Waals surface area contributed by atoms with Gasteiger partial charge in [-0.1, -0.05) is 18.2 Å². The lowest BCUT2D eigenvalue weighted by Gasteiger charge is -2.38. The van der Waals surface area contributed by atoms with Gasteiger partial charge in [-0.3, -0.25) is 15.0 Å². The molecule has 0 aromatic heterocycles. The molecule has 1 saturated heterocycles. The van der Waals surface area contributed by atoms with E-state index in [2.05, 4.69) is 32.6 Å². The number of benzene rings is 1. The van der Waals surface area contributed by atoms with E-state index in [-0.39, 0.29) is 24.0 Å². The van der Waals surface area contributed by atoms with E-state index in [0.717, 1.165) is 39.0 Å². The minimum Gasteiger partial charge on any atom is -0.369 e. The summed E-state index contributed by atoms with van der Waals surface area (Å²) in [6.45, 7) is 5.26. The van der Waals surface area contributed by atoms with Crippen LogP contribution < -0.4 is 15.5 Å². The van der Waals surface area contributed by atoms with Crippen molar-refractivity contribution in [3.8, 4) is 0 Å². The Labute approximate surface area is 136 Å². The fraction of sp³-hybridized carbons (Fsp3) is 0.529. The van der Waals surface area contributed by atoms with Gasteiger partial charge in [-0.2, -0.15) is 0 Å². The van der Waals surface area contributed by atoms with Gasteiger partial charge in [0.15, 0.2) is 0 Å². The number of nitrogens with one attached hydrogen (secondary N) is 2. The fourth-order valence-corrected chi connectivity index (χ4v) is 2.84. The number of imide groups is 1. The molecule has 3 rings (SSSR count). The van der Waals surface area contributed by atoms with E-state index >= 15 is 0 Å². The van der Waals surface area contributed by atoms with Gasteiger partial charge in [-0.25, -0.2) is 4.79 Å². The summed E-state index contributed by atoms with van der Waals surface area (Å²) >= 11 is 0. The predicted molar refractivity (Wildman–Crippen MR) is 89.4 cm³/mol. The Kier molecular flexibility index (Phi) is 4.81. The van der Waals surface area contributed by atoms with Crippen LogP contribution in [0, 0.1) is 0 Å². The molecule has 124 valence electrons. The number of hydrogen-bond acceptors (Lipinski definition) is 4. The van der Waals surface area contributed by atoms with Crippen molar-refractivity contribution >= 4 is 17.6 Å². The molecule has 2 aliphatic rings. The van der Waals surface area contributed by atoms with Gasteiger partial charge in [0.25, 0.3) is 0 Å². The molecule has 0 radical (unpaired) electrons. The highest BCUT2D eigenvalue weighted by Gasteiger charge is 2.28. The molecule has 1 aromatic carbocycles. The number of carbonyl (C=O) groups is 2. The van der Waals surface area contributed by atoms with Crippen LogP contribution in [0.3, 0.4) is 0 Å². The zero-order chi connectivity index (χ0) is 16.2. The van der Waals surface area contributed by atoms with E-state index < -0.39 is 0 Å². The Bertz CT molecular complexity index is 551. The average molecular weight is 316 g/mol. The highest BCUT2D eigenvalue weighted by atomic mass is 16.2. The molecular weight excluding hydrogens is 292 g/mol. The van der Waals surface area contributed by atoms with Crippen LogP contribution in [0.25, 0.3) is 0 Å². The molecule has 1 atom stereocenters. The zero-order valence-corrected chi connectivity index (χ0v) is 13.5. The van der Waals surface area contributed by atoms with Crippen molar-refractivity contribution in [1.82, 2.24) is 15.5 Å². The number of rotatable bonds is 4. The molecule has 2 N–H and O–H groups in total. The Hall–Kier alpha value is -2.08. The van der Waals surface area contributed by atoms with E-state index in [1.54, 1.807) is 0 Å². The molecule has 23 heavy (non-hydrogen) atoms. The maximum atomic E-state index is 12.2. The van der Waals surface area contributed by atoms with Gasteiger partial charge in [0.1, 0.15) is 0 Å². The number of urea groups is 1. The van der Waals surface area contributed by atoms with Crippen LogP contribution in [0.4, 0.5) is 10.5 Å². The molecular formula is C17H24N4O2. The number of para-hydroxylation sites is 1. The van der Waals surface area contributed by atoms with E-state index in [4.69, 9.17) is 0 Å².